The summed E-state index contributed by atoms with van der Waals surface area (Å²) in [6, 6.07) is -0.696. The molecule has 1 aromatic heterocycles. The molecule has 0 bridgehead atoms. The second-order valence-electron chi connectivity index (χ2n) is 3.08. The SMILES string of the molecule is Cc1ncc(CO)c([C@@H](N)CO)c1O.Cl. The van der Waals surface area contributed by atoms with Crippen LogP contribution in [0.5, 0.6) is 5.75 Å². The third-order valence-electron chi connectivity index (χ3n) is 2.10. The molecule has 0 saturated carbocycles. The van der Waals surface area contributed by atoms with Gasteiger partial charge in [0.25, 0.3) is 0 Å². The van der Waals surface area contributed by atoms with Gasteiger partial charge in [-0.2, -0.15) is 0 Å². The lowest BCUT2D eigenvalue weighted by Crippen LogP contribution is -2.17. The number of halogens is 1. The Bertz CT molecular complexity index is 333. The minimum atomic E-state index is -0.696. The van der Waals surface area contributed by atoms with Gasteiger partial charge < -0.3 is 21.1 Å². The van der Waals surface area contributed by atoms with Crippen molar-refractivity contribution < 1.29 is 15.3 Å². The van der Waals surface area contributed by atoms with Crippen LogP contribution in [0.25, 0.3) is 0 Å². The highest BCUT2D eigenvalue weighted by molar-refractivity contribution is 5.85. The third-order valence-corrected chi connectivity index (χ3v) is 2.10. The van der Waals surface area contributed by atoms with E-state index in [4.69, 9.17) is 15.9 Å². The van der Waals surface area contributed by atoms with Crippen molar-refractivity contribution in [3.8, 4) is 5.75 Å². The largest absolute Gasteiger partial charge is 0.506 e. The standard InChI is InChI=1S/C9H14N2O3.ClH/c1-5-9(14)8(7(10)4-13)6(3-12)2-11-5;/h2,7,12-14H,3-4,10H2,1H3;1H/t7-;/m0./s1. The predicted molar refractivity (Wildman–Crippen MR) is 57.8 cm³/mol. The van der Waals surface area contributed by atoms with E-state index in [1.807, 2.05) is 0 Å². The summed E-state index contributed by atoms with van der Waals surface area (Å²) in [4.78, 5) is 3.88. The fourth-order valence-electron chi connectivity index (χ4n) is 1.28. The normalized spacial score (nSPS) is 12.0. The van der Waals surface area contributed by atoms with Crippen LogP contribution in [0, 0.1) is 6.92 Å². The number of rotatable bonds is 3. The molecule has 0 radical (unpaired) electrons. The molecule has 1 heterocycles. The topological polar surface area (TPSA) is 99.6 Å². The fourth-order valence-corrected chi connectivity index (χ4v) is 1.28. The minimum absolute atomic E-state index is 0. The van der Waals surface area contributed by atoms with E-state index in [0.717, 1.165) is 0 Å². The van der Waals surface area contributed by atoms with Gasteiger partial charge in [-0.1, -0.05) is 0 Å². The van der Waals surface area contributed by atoms with Crippen LogP contribution in [0.4, 0.5) is 0 Å². The molecule has 0 aliphatic heterocycles. The van der Waals surface area contributed by atoms with Gasteiger partial charge >= 0.3 is 0 Å². The Balaban J connectivity index is 0.00000196. The van der Waals surface area contributed by atoms with Crippen LogP contribution in [0.15, 0.2) is 6.20 Å². The fraction of sp³-hybridized carbons (Fsp3) is 0.444. The minimum Gasteiger partial charge on any atom is -0.506 e. The first-order valence-corrected chi connectivity index (χ1v) is 4.26. The average Bonchev–Trinajstić information content (AvgIpc) is 2.20. The zero-order chi connectivity index (χ0) is 10.7. The number of aliphatic hydroxyl groups is 2. The van der Waals surface area contributed by atoms with Crippen molar-refractivity contribution in [2.75, 3.05) is 6.61 Å². The van der Waals surface area contributed by atoms with Gasteiger partial charge in [0.15, 0.2) is 0 Å². The van der Waals surface area contributed by atoms with E-state index in [0.29, 0.717) is 16.8 Å². The van der Waals surface area contributed by atoms with Gasteiger partial charge in [0, 0.05) is 17.3 Å². The number of nitrogens with zero attached hydrogens (tertiary/aromatic N) is 1. The van der Waals surface area contributed by atoms with Crippen molar-refractivity contribution in [2.24, 2.45) is 5.73 Å². The Labute approximate surface area is 94.0 Å². The molecule has 1 aromatic rings. The number of nitrogens with two attached hydrogens (primary N) is 1. The second kappa shape index (κ2) is 5.87. The molecule has 0 unspecified atom stereocenters. The molecule has 1 atom stereocenters. The molecular formula is C9H15ClN2O3. The van der Waals surface area contributed by atoms with Crippen LogP contribution in [0.3, 0.4) is 0 Å². The molecule has 0 amide bonds. The summed E-state index contributed by atoms with van der Waals surface area (Å²) < 4.78 is 0. The van der Waals surface area contributed by atoms with Gasteiger partial charge in [0.1, 0.15) is 5.75 Å². The average molecular weight is 235 g/mol. The number of aryl methyl sites for hydroxylation is 1. The third kappa shape index (κ3) is 2.79. The monoisotopic (exact) mass is 234 g/mol. The molecule has 0 aromatic carbocycles. The zero-order valence-electron chi connectivity index (χ0n) is 8.34. The van der Waals surface area contributed by atoms with E-state index in [9.17, 15) is 5.11 Å². The number of aromatic nitrogens is 1. The maximum absolute atomic E-state index is 9.65. The van der Waals surface area contributed by atoms with Crippen molar-refractivity contribution in [3.63, 3.8) is 0 Å². The van der Waals surface area contributed by atoms with Crippen LogP contribution in [-0.2, 0) is 6.61 Å². The summed E-state index contributed by atoms with van der Waals surface area (Å²) in [6.07, 6.45) is 1.44. The van der Waals surface area contributed by atoms with Crippen molar-refractivity contribution in [2.45, 2.75) is 19.6 Å². The van der Waals surface area contributed by atoms with Crippen molar-refractivity contribution >= 4 is 12.4 Å². The molecule has 0 aliphatic rings. The number of pyridine rings is 1. The van der Waals surface area contributed by atoms with E-state index >= 15 is 0 Å². The quantitative estimate of drug-likeness (QED) is 0.590. The Kier molecular flexibility index (Phi) is 5.53. The molecule has 0 saturated heterocycles. The first-order valence-electron chi connectivity index (χ1n) is 4.26. The molecule has 1 rings (SSSR count). The van der Waals surface area contributed by atoms with Crippen LogP contribution in [0.1, 0.15) is 22.9 Å². The van der Waals surface area contributed by atoms with Gasteiger partial charge in [-0.3, -0.25) is 4.98 Å². The highest BCUT2D eigenvalue weighted by atomic mass is 35.5. The summed E-state index contributed by atoms with van der Waals surface area (Å²) in [6.45, 7) is 1.08. The van der Waals surface area contributed by atoms with Crippen LogP contribution in [-0.4, -0.2) is 26.9 Å². The highest BCUT2D eigenvalue weighted by Gasteiger charge is 2.16. The molecule has 15 heavy (non-hydrogen) atoms. The summed E-state index contributed by atoms with van der Waals surface area (Å²) in [5, 5.41) is 27.5. The molecule has 6 heteroatoms. The lowest BCUT2D eigenvalue weighted by Gasteiger charge is -2.15. The van der Waals surface area contributed by atoms with Gasteiger partial charge in [-0.05, 0) is 6.92 Å². The zero-order valence-corrected chi connectivity index (χ0v) is 9.16. The maximum Gasteiger partial charge on any atom is 0.141 e. The highest BCUT2D eigenvalue weighted by Crippen LogP contribution is 2.28. The van der Waals surface area contributed by atoms with Crippen molar-refractivity contribution in [1.82, 2.24) is 4.98 Å². The van der Waals surface area contributed by atoms with E-state index in [-0.39, 0.29) is 31.4 Å². The Morgan fingerprint density at radius 3 is 2.53 bits per heavy atom. The summed E-state index contributed by atoms with van der Waals surface area (Å²) in [5.74, 6) is -0.0573. The van der Waals surface area contributed by atoms with E-state index in [2.05, 4.69) is 4.98 Å². The van der Waals surface area contributed by atoms with E-state index < -0.39 is 6.04 Å². The van der Waals surface area contributed by atoms with E-state index in [1.54, 1.807) is 6.92 Å². The van der Waals surface area contributed by atoms with Crippen LogP contribution in [0.2, 0.25) is 0 Å². The molecule has 5 nitrogen and oxygen atoms in total. The van der Waals surface area contributed by atoms with Gasteiger partial charge in [-0.15, -0.1) is 12.4 Å². The van der Waals surface area contributed by atoms with Crippen LogP contribution < -0.4 is 5.73 Å². The number of hydrogen-bond donors (Lipinski definition) is 4. The molecule has 0 spiro atoms. The Morgan fingerprint density at radius 1 is 1.47 bits per heavy atom. The Morgan fingerprint density at radius 2 is 2.07 bits per heavy atom. The number of hydrogen-bond acceptors (Lipinski definition) is 5. The Hall–Kier alpha value is -0.880. The number of aromatic hydroxyl groups is 1. The molecule has 0 aliphatic carbocycles. The summed E-state index contributed by atoms with van der Waals surface area (Å²) in [7, 11) is 0. The summed E-state index contributed by atoms with van der Waals surface area (Å²) >= 11 is 0. The van der Waals surface area contributed by atoms with Gasteiger partial charge in [-0.25, -0.2) is 0 Å². The van der Waals surface area contributed by atoms with E-state index in [1.165, 1.54) is 6.20 Å². The molecular weight excluding hydrogens is 220 g/mol. The maximum atomic E-state index is 9.65. The predicted octanol–water partition coefficient (Wildman–Crippen LogP) is 0.00182. The van der Waals surface area contributed by atoms with Crippen LogP contribution >= 0.6 is 12.4 Å². The molecule has 86 valence electrons. The second-order valence-corrected chi connectivity index (χ2v) is 3.08. The first-order chi connectivity index (χ1) is 6.61. The smallest absolute Gasteiger partial charge is 0.141 e. The van der Waals surface area contributed by atoms with Crippen molar-refractivity contribution in [1.29, 1.82) is 0 Å². The van der Waals surface area contributed by atoms with Gasteiger partial charge in [0.05, 0.1) is 24.9 Å². The lowest BCUT2D eigenvalue weighted by molar-refractivity contribution is 0.255. The summed E-state index contributed by atoms with van der Waals surface area (Å²) in [5.41, 5.74) is 6.83. The molecule has 0 fully saturated rings. The molecule has 5 N–H and O–H groups in total. The first kappa shape index (κ1) is 14.1. The number of aliphatic hydroxyl groups excluding tert-OH is 2. The van der Waals surface area contributed by atoms with Crippen molar-refractivity contribution in [3.05, 3.63) is 23.0 Å². The lowest BCUT2D eigenvalue weighted by atomic mass is 10.0. The van der Waals surface area contributed by atoms with Gasteiger partial charge in [0.2, 0.25) is 0 Å².